The van der Waals surface area contributed by atoms with Crippen LogP contribution in [0, 0.1) is 11.6 Å². The molecule has 0 radical (unpaired) electrons. The van der Waals surface area contributed by atoms with E-state index < -0.39 is 11.6 Å². The Bertz CT molecular complexity index is 960. The van der Waals surface area contributed by atoms with Gasteiger partial charge in [-0.2, -0.15) is 0 Å². The predicted molar refractivity (Wildman–Crippen MR) is 76.2 cm³/mol. The van der Waals surface area contributed by atoms with Gasteiger partial charge in [-0.3, -0.25) is 0 Å². The van der Waals surface area contributed by atoms with Gasteiger partial charge in [0.2, 0.25) is 0 Å². The lowest BCUT2D eigenvalue weighted by atomic mass is 10.2. The molecule has 0 fully saturated rings. The van der Waals surface area contributed by atoms with Crippen LogP contribution in [0.5, 0.6) is 0 Å². The van der Waals surface area contributed by atoms with Gasteiger partial charge >= 0.3 is 0 Å². The second-order valence-electron chi connectivity index (χ2n) is 4.58. The van der Waals surface area contributed by atoms with Crippen molar-refractivity contribution in [3.8, 4) is 0 Å². The minimum Gasteiger partial charge on any atom is -0.311 e. The van der Waals surface area contributed by atoms with Crippen LogP contribution in [-0.4, -0.2) is 19.5 Å². The zero-order valence-electron chi connectivity index (χ0n) is 10.6. The topological polar surface area (TPSA) is 43.6 Å². The molecule has 4 rings (SSSR count). The van der Waals surface area contributed by atoms with E-state index in [9.17, 15) is 8.78 Å². The van der Waals surface area contributed by atoms with Crippen LogP contribution in [0.25, 0.3) is 21.4 Å². The van der Waals surface area contributed by atoms with Crippen LogP contribution in [-0.2, 0) is 6.54 Å². The molecule has 104 valence electrons. The van der Waals surface area contributed by atoms with Crippen LogP contribution in [0.1, 0.15) is 5.56 Å². The van der Waals surface area contributed by atoms with Gasteiger partial charge in [0.25, 0.3) is 0 Å². The number of rotatable bonds is 2. The smallest absolute Gasteiger partial charge is 0.160 e. The molecule has 21 heavy (non-hydrogen) atoms. The molecule has 4 aromatic rings. The summed E-state index contributed by atoms with van der Waals surface area (Å²) in [5, 5.41) is 0. The number of fused-ring (bicyclic) bond motifs is 2. The van der Waals surface area contributed by atoms with Crippen molar-refractivity contribution in [2.45, 2.75) is 6.54 Å². The molecule has 3 aromatic heterocycles. The zero-order valence-corrected chi connectivity index (χ0v) is 11.4. The zero-order chi connectivity index (χ0) is 14.4. The highest BCUT2D eigenvalue weighted by atomic mass is 32.1. The van der Waals surface area contributed by atoms with Gasteiger partial charge in [0.05, 0.1) is 23.1 Å². The summed E-state index contributed by atoms with van der Waals surface area (Å²) in [5.74, 6) is -0.952. The minimum absolute atomic E-state index is 0.0786. The van der Waals surface area contributed by atoms with E-state index in [2.05, 4.69) is 15.0 Å². The van der Waals surface area contributed by atoms with Crippen molar-refractivity contribution in [1.29, 1.82) is 0 Å². The van der Waals surface area contributed by atoms with Crippen molar-refractivity contribution >= 4 is 32.7 Å². The van der Waals surface area contributed by atoms with E-state index in [0.717, 1.165) is 16.9 Å². The third-order valence-electron chi connectivity index (χ3n) is 3.29. The maximum absolute atomic E-state index is 14.4. The monoisotopic (exact) mass is 302 g/mol. The molecular formula is C14H8F2N4S. The Kier molecular flexibility index (Phi) is 2.68. The molecule has 0 atom stereocenters. The summed E-state index contributed by atoms with van der Waals surface area (Å²) in [5.41, 5.74) is 3.14. The number of hydrogen-bond donors (Lipinski definition) is 0. The van der Waals surface area contributed by atoms with Gasteiger partial charge in [-0.05, 0) is 18.2 Å². The van der Waals surface area contributed by atoms with E-state index in [0.29, 0.717) is 5.65 Å². The van der Waals surface area contributed by atoms with Crippen LogP contribution >= 0.6 is 11.3 Å². The van der Waals surface area contributed by atoms with Crippen molar-refractivity contribution in [3.05, 3.63) is 53.4 Å². The van der Waals surface area contributed by atoms with Crippen LogP contribution in [0.2, 0.25) is 0 Å². The average molecular weight is 302 g/mol. The van der Waals surface area contributed by atoms with Gasteiger partial charge in [0.15, 0.2) is 11.5 Å². The molecule has 0 saturated carbocycles. The molecule has 3 heterocycles. The van der Waals surface area contributed by atoms with Gasteiger partial charge in [-0.15, -0.1) is 11.3 Å². The lowest BCUT2D eigenvalue weighted by Crippen LogP contribution is -2.02. The number of nitrogens with zero attached hydrogens (tertiary/aromatic N) is 4. The minimum atomic E-state index is -0.514. The number of thiazole rings is 1. The summed E-state index contributed by atoms with van der Waals surface area (Å²) in [6, 6.07) is 4.79. The van der Waals surface area contributed by atoms with Crippen molar-refractivity contribution in [2.24, 2.45) is 0 Å². The molecule has 4 nitrogen and oxygen atoms in total. The molecule has 7 heteroatoms. The highest BCUT2D eigenvalue weighted by Gasteiger charge is 2.15. The molecule has 0 N–H and O–H groups in total. The fourth-order valence-electron chi connectivity index (χ4n) is 2.31. The Morgan fingerprint density at radius 3 is 3.00 bits per heavy atom. The molecule has 0 amide bonds. The maximum Gasteiger partial charge on any atom is 0.160 e. The normalized spacial score (nSPS) is 11.5. The van der Waals surface area contributed by atoms with Gasteiger partial charge in [0.1, 0.15) is 16.9 Å². The van der Waals surface area contributed by atoms with Crippen LogP contribution in [0.4, 0.5) is 8.78 Å². The lowest BCUT2D eigenvalue weighted by molar-refractivity contribution is 0.595. The van der Waals surface area contributed by atoms with Gasteiger partial charge in [0, 0.05) is 11.8 Å². The first-order chi connectivity index (χ1) is 10.2. The summed E-state index contributed by atoms with van der Waals surface area (Å²) >= 11 is 1.09. The first-order valence-corrected chi connectivity index (χ1v) is 7.08. The first kappa shape index (κ1) is 12.3. The summed E-state index contributed by atoms with van der Waals surface area (Å²) in [6.07, 6.45) is 3.22. The van der Waals surface area contributed by atoms with E-state index in [1.807, 2.05) is 6.07 Å². The van der Waals surface area contributed by atoms with Gasteiger partial charge in [-0.25, -0.2) is 23.7 Å². The van der Waals surface area contributed by atoms with Crippen molar-refractivity contribution in [2.75, 3.05) is 0 Å². The summed E-state index contributed by atoms with van der Waals surface area (Å²) < 4.78 is 30.3. The van der Waals surface area contributed by atoms with E-state index in [1.165, 1.54) is 11.6 Å². The highest BCUT2D eigenvalue weighted by molar-refractivity contribution is 7.16. The second kappa shape index (κ2) is 4.56. The van der Waals surface area contributed by atoms with Gasteiger partial charge in [-0.1, -0.05) is 0 Å². The van der Waals surface area contributed by atoms with Crippen molar-refractivity contribution < 1.29 is 8.78 Å². The maximum atomic E-state index is 14.4. The van der Waals surface area contributed by atoms with Crippen LogP contribution < -0.4 is 0 Å². The summed E-state index contributed by atoms with van der Waals surface area (Å²) in [7, 11) is 0. The number of pyridine rings is 1. The first-order valence-electron chi connectivity index (χ1n) is 6.20. The SMILES string of the molecule is Fc1cc(Cn2cnc3cccnc32)c(F)c2scnc12. The fourth-order valence-corrected chi connectivity index (χ4v) is 3.07. The van der Waals surface area contributed by atoms with Crippen molar-refractivity contribution in [3.63, 3.8) is 0 Å². The Hall–Kier alpha value is -2.41. The number of imidazole rings is 1. The van der Waals surface area contributed by atoms with E-state index >= 15 is 0 Å². The molecule has 0 spiro atoms. The largest absolute Gasteiger partial charge is 0.311 e. The molecule has 0 bridgehead atoms. The fraction of sp³-hybridized carbons (Fsp3) is 0.0714. The Balaban J connectivity index is 1.86. The quantitative estimate of drug-likeness (QED) is 0.570. The van der Waals surface area contributed by atoms with Crippen LogP contribution in [0.15, 0.2) is 36.2 Å². The van der Waals surface area contributed by atoms with Crippen LogP contribution in [0.3, 0.4) is 0 Å². The number of halogens is 2. The van der Waals surface area contributed by atoms with E-state index in [-0.39, 0.29) is 22.3 Å². The molecule has 0 saturated heterocycles. The highest BCUT2D eigenvalue weighted by Crippen LogP contribution is 2.27. The van der Waals surface area contributed by atoms with E-state index in [1.54, 1.807) is 23.2 Å². The van der Waals surface area contributed by atoms with Gasteiger partial charge < -0.3 is 4.57 Å². The molecule has 0 aliphatic rings. The molecule has 1 aromatic carbocycles. The predicted octanol–water partition coefficient (Wildman–Crippen LogP) is 3.37. The number of benzene rings is 1. The van der Waals surface area contributed by atoms with Crippen molar-refractivity contribution in [1.82, 2.24) is 19.5 Å². The molecule has 0 aliphatic heterocycles. The lowest BCUT2D eigenvalue weighted by Gasteiger charge is -2.06. The third-order valence-corrected chi connectivity index (χ3v) is 4.11. The third kappa shape index (κ3) is 1.89. The summed E-state index contributed by atoms with van der Waals surface area (Å²) in [4.78, 5) is 12.2. The Labute approximate surface area is 121 Å². The molecule has 0 unspecified atom stereocenters. The van der Waals surface area contributed by atoms with E-state index in [4.69, 9.17) is 0 Å². The molecular weight excluding hydrogens is 294 g/mol. The average Bonchev–Trinajstić information content (AvgIpc) is 3.12. The number of aromatic nitrogens is 4. The second-order valence-corrected chi connectivity index (χ2v) is 5.43. The standard InChI is InChI=1S/C14H8F2N4S/c15-9-4-8(11(16)13-12(9)19-7-21-13)5-20-6-18-10-2-1-3-17-14(10)20/h1-4,6-7H,5H2. The molecule has 0 aliphatic carbocycles. The Morgan fingerprint density at radius 2 is 2.10 bits per heavy atom. The number of hydrogen-bond acceptors (Lipinski definition) is 4. The Morgan fingerprint density at radius 1 is 1.19 bits per heavy atom. The summed E-state index contributed by atoms with van der Waals surface area (Å²) in [6.45, 7) is 0.171.